The minimum atomic E-state index is -0.125. The molecule has 3 rings (SSSR count). The molecule has 3 aromatic rings. The van der Waals surface area contributed by atoms with Crippen molar-refractivity contribution in [1.29, 1.82) is 0 Å². The Balaban J connectivity index is 1.57. The first-order chi connectivity index (χ1) is 12.5. The van der Waals surface area contributed by atoms with Gasteiger partial charge in [-0.3, -0.25) is 9.59 Å². The molecule has 0 bridgehead atoms. The molecule has 1 amide bonds. The number of benzene rings is 1. The van der Waals surface area contributed by atoms with Crippen molar-refractivity contribution in [2.45, 2.75) is 12.8 Å². The van der Waals surface area contributed by atoms with Crippen LogP contribution in [-0.4, -0.2) is 22.1 Å². The molecule has 0 spiro atoms. The van der Waals surface area contributed by atoms with Crippen LogP contribution in [0, 0.1) is 0 Å². The Morgan fingerprint density at radius 1 is 1.27 bits per heavy atom. The highest BCUT2D eigenvalue weighted by Crippen LogP contribution is 2.23. The summed E-state index contributed by atoms with van der Waals surface area (Å²) >= 11 is 3.26. The second kappa shape index (κ2) is 8.14. The molecular formula is C19H18BrN3O3. The van der Waals surface area contributed by atoms with Crippen molar-refractivity contribution in [2.75, 3.05) is 11.9 Å². The van der Waals surface area contributed by atoms with Crippen LogP contribution in [0.4, 0.5) is 5.69 Å². The third-order valence-corrected chi connectivity index (χ3v) is 4.37. The second-order valence-corrected chi connectivity index (χ2v) is 6.60. The fourth-order valence-corrected chi connectivity index (χ4v) is 2.98. The van der Waals surface area contributed by atoms with E-state index < -0.39 is 0 Å². The van der Waals surface area contributed by atoms with Gasteiger partial charge in [0.25, 0.3) is 5.56 Å². The number of ether oxygens (including phenoxy) is 1. The first-order valence-electron chi connectivity index (χ1n) is 8.17. The van der Waals surface area contributed by atoms with E-state index in [4.69, 9.17) is 4.74 Å². The molecule has 2 aromatic heterocycles. The van der Waals surface area contributed by atoms with Gasteiger partial charge in [-0.1, -0.05) is 12.1 Å². The van der Waals surface area contributed by atoms with Gasteiger partial charge >= 0.3 is 0 Å². The smallest absolute Gasteiger partial charge is 0.254 e. The molecule has 0 aliphatic heterocycles. The van der Waals surface area contributed by atoms with Crippen molar-refractivity contribution in [3.63, 3.8) is 0 Å². The van der Waals surface area contributed by atoms with Gasteiger partial charge < -0.3 is 14.6 Å². The van der Waals surface area contributed by atoms with Crippen LogP contribution in [0.25, 0.3) is 10.9 Å². The van der Waals surface area contributed by atoms with Gasteiger partial charge in [-0.2, -0.15) is 0 Å². The number of anilines is 1. The van der Waals surface area contributed by atoms with E-state index >= 15 is 0 Å². The van der Waals surface area contributed by atoms with Crippen LogP contribution < -0.4 is 15.6 Å². The molecular weight excluding hydrogens is 398 g/mol. The van der Waals surface area contributed by atoms with Gasteiger partial charge in [0, 0.05) is 36.8 Å². The van der Waals surface area contributed by atoms with Crippen molar-refractivity contribution >= 4 is 38.4 Å². The summed E-state index contributed by atoms with van der Waals surface area (Å²) in [5, 5.41) is 3.69. The van der Waals surface area contributed by atoms with Crippen molar-refractivity contribution in [3.05, 3.63) is 63.6 Å². The zero-order valence-electron chi connectivity index (χ0n) is 14.2. The number of pyridine rings is 2. The zero-order valence-corrected chi connectivity index (χ0v) is 15.8. The number of para-hydroxylation sites is 1. The molecule has 0 unspecified atom stereocenters. The molecule has 0 radical (unpaired) electrons. The highest BCUT2D eigenvalue weighted by atomic mass is 79.9. The summed E-state index contributed by atoms with van der Waals surface area (Å²) in [5.74, 6) is 0.447. The van der Waals surface area contributed by atoms with Crippen LogP contribution in [0.5, 0.6) is 5.75 Å². The van der Waals surface area contributed by atoms with Gasteiger partial charge in [0.1, 0.15) is 10.4 Å². The lowest BCUT2D eigenvalue weighted by molar-refractivity contribution is -0.116. The zero-order chi connectivity index (χ0) is 18.5. The highest BCUT2D eigenvalue weighted by Gasteiger charge is 2.08. The number of nitrogens with one attached hydrogen (secondary N) is 1. The third kappa shape index (κ3) is 4.29. The van der Waals surface area contributed by atoms with E-state index in [0.29, 0.717) is 35.5 Å². The fourth-order valence-electron chi connectivity index (χ4n) is 2.62. The number of halogens is 1. The Kier molecular flexibility index (Phi) is 5.68. The summed E-state index contributed by atoms with van der Waals surface area (Å²) in [6.45, 7) is 0.352. The Labute approximate surface area is 158 Å². The maximum atomic E-state index is 12.0. The number of hydrogen-bond donors (Lipinski definition) is 1. The van der Waals surface area contributed by atoms with E-state index in [2.05, 4.69) is 26.2 Å². The van der Waals surface area contributed by atoms with Gasteiger partial charge in [0.15, 0.2) is 0 Å². The second-order valence-electron chi connectivity index (χ2n) is 5.79. The number of amides is 1. The Hall–Kier alpha value is -2.67. The molecule has 7 heteroatoms. The third-order valence-electron chi connectivity index (χ3n) is 3.93. The lowest BCUT2D eigenvalue weighted by Crippen LogP contribution is -2.17. The summed E-state index contributed by atoms with van der Waals surface area (Å²) in [7, 11) is 1.73. The molecule has 0 saturated heterocycles. The van der Waals surface area contributed by atoms with Crippen LogP contribution in [0.3, 0.4) is 0 Å². The summed E-state index contributed by atoms with van der Waals surface area (Å²) in [6.07, 6.45) is 2.48. The van der Waals surface area contributed by atoms with E-state index in [-0.39, 0.29) is 11.5 Å². The van der Waals surface area contributed by atoms with Crippen molar-refractivity contribution in [1.82, 2.24) is 9.55 Å². The monoisotopic (exact) mass is 415 g/mol. The number of aromatic nitrogens is 2. The number of carbonyl (C=O) groups excluding carboxylic acids is 1. The number of nitrogens with zero attached hydrogens (tertiary/aromatic N) is 2. The van der Waals surface area contributed by atoms with Crippen LogP contribution in [0.15, 0.2) is 58.1 Å². The first-order valence-corrected chi connectivity index (χ1v) is 8.97. The largest absolute Gasteiger partial charge is 0.493 e. The predicted octanol–water partition coefficient (Wildman–Crippen LogP) is 3.49. The van der Waals surface area contributed by atoms with Gasteiger partial charge in [-0.05, 0) is 46.6 Å². The Morgan fingerprint density at radius 2 is 2.08 bits per heavy atom. The van der Waals surface area contributed by atoms with E-state index in [1.807, 2.05) is 24.3 Å². The molecule has 0 aliphatic carbocycles. The molecule has 1 N–H and O–H groups in total. The lowest BCUT2D eigenvalue weighted by Gasteiger charge is -2.11. The van der Waals surface area contributed by atoms with Gasteiger partial charge in [-0.25, -0.2) is 4.98 Å². The summed E-state index contributed by atoms with van der Waals surface area (Å²) < 4.78 is 8.01. The molecule has 0 atom stereocenters. The fraction of sp³-hybridized carbons (Fsp3) is 0.211. The van der Waals surface area contributed by atoms with Crippen LogP contribution >= 0.6 is 15.9 Å². The average molecular weight is 416 g/mol. The van der Waals surface area contributed by atoms with E-state index in [1.54, 1.807) is 29.9 Å². The average Bonchev–Trinajstić information content (AvgIpc) is 2.62. The van der Waals surface area contributed by atoms with Crippen LogP contribution in [-0.2, 0) is 11.8 Å². The molecule has 1 aromatic carbocycles. The quantitative estimate of drug-likeness (QED) is 0.493. The normalized spacial score (nSPS) is 10.7. The number of aryl methyl sites for hydroxylation is 1. The van der Waals surface area contributed by atoms with Crippen molar-refractivity contribution in [2.24, 2.45) is 7.05 Å². The maximum absolute atomic E-state index is 12.0. The molecule has 2 heterocycles. The molecule has 0 saturated carbocycles. The molecule has 26 heavy (non-hydrogen) atoms. The minimum absolute atomic E-state index is 0.0967. The van der Waals surface area contributed by atoms with Gasteiger partial charge in [-0.15, -0.1) is 0 Å². The highest BCUT2D eigenvalue weighted by molar-refractivity contribution is 9.10. The number of hydrogen-bond acceptors (Lipinski definition) is 4. The molecule has 0 fully saturated rings. The number of rotatable bonds is 6. The standard InChI is InChI=1S/C19H18BrN3O3/c1-23-15-6-3-2-5-14(15)16(12-19(23)25)26-10-4-7-18(24)22-13-8-9-21-17(20)11-13/h2-3,5-6,8-9,11-12H,4,7,10H2,1H3,(H,21,22,24). The van der Waals surface area contributed by atoms with Gasteiger partial charge in [0.05, 0.1) is 12.1 Å². The minimum Gasteiger partial charge on any atom is -0.493 e. The van der Waals surface area contributed by atoms with Crippen LogP contribution in [0.1, 0.15) is 12.8 Å². The Morgan fingerprint density at radius 3 is 2.88 bits per heavy atom. The maximum Gasteiger partial charge on any atom is 0.254 e. The SMILES string of the molecule is Cn1c(=O)cc(OCCCC(=O)Nc2ccnc(Br)c2)c2ccccc21. The summed E-state index contributed by atoms with van der Waals surface area (Å²) in [6, 6.07) is 12.5. The van der Waals surface area contributed by atoms with Crippen molar-refractivity contribution < 1.29 is 9.53 Å². The van der Waals surface area contributed by atoms with E-state index in [1.165, 1.54) is 6.07 Å². The number of fused-ring (bicyclic) bond motifs is 1. The van der Waals surface area contributed by atoms with Gasteiger partial charge in [0.2, 0.25) is 5.91 Å². The summed E-state index contributed by atoms with van der Waals surface area (Å²) in [5.41, 5.74) is 1.38. The van der Waals surface area contributed by atoms with E-state index in [0.717, 1.165) is 10.9 Å². The van der Waals surface area contributed by atoms with Crippen molar-refractivity contribution in [3.8, 4) is 5.75 Å². The summed E-state index contributed by atoms with van der Waals surface area (Å²) in [4.78, 5) is 28.0. The van der Waals surface area contributed by atoms with Crippen LogP contribution in [0.2, 0.25) is 0 Å². The topological polar surface area (TPSA) is 73.2 Å². The predicted molar refractivity (Wildman–Crippen MR) is 104 cm³/mol. The Bertz CT molecular complexity index is 1000. The van der Waals surface area contributed by atoms with E-state index in [9.17, 15) is 9.59 Å². The molecule has 134 valence electrons. The lowest BCUT2D eigenvalue weighted by atomic mass is 10.2. The molecule has 6 nitrogen and oxygen atoms in total. The first kappa shape index (κ1) is 18.1. The number of carbonyl (C=O) groups is 1. The molecule has 0 aliphatic rings.